The van der Waals surface area contributed by atoms with Crippen LogP contribution in [0.15, 0.2) is 51.6 Å². The fourth-order valence-electron chi connectivity index (χ4n) is 2.03. The van der Waals surface area contributed by atoms with Gasteiger partial charge < -0.3 is 15.1 Å². The van der Waals surface area contributed by atoms with Gasteiger partial charge in [0.05, 0.1) is 12.8 Å². The monoisotopic (exact) mass is 378 g/mol. The van der Waals surface area contributed by atoms with Crippen molar-refractivity contribution in [1.82, 2.24) is 10.6 Å². The van der Waals surface area contributed by atoms with Gasteiger partial charge in [-0.2, -0.15) is 0 Å². The zero-order valence-electron chi connectivity index (χ0n) is 12.7. The van der Waals surface area contributed by atoms with E-state index in [4.69, 9.17) is 4.42 Å². The Balaban J connectivity index is 1.58. The van der Waals surface area contributed by atoms with Crippen LogP contribution in [0.3, 0.4) is 0 Å². The van der Waals surface area contributed by atoms with Crippen LogP contribution in [-0.4, -0.2) is 11.8 Å². The summed E-state index contributed by atoms with van der Waals surface area (Å²) in [6.07, 6.45) is 2.75. The molecule has 1 heterocycles. The van der Waals surface area contributed by atoms with Crippen LogP contribution in [0.2, 0.25) is 0 Å². The predicted octanol–water partition coefficient (Wildman–Crippen LogP) is 3.15. The average molecular weight is 379 g/mol. The normalized spacial score (nSPS) is 10.3. The van der Waals surface area contributed by atoms with Crippen molar-refractivity contribution in [3.63, 3.8) is 0 Å². The van der Waals surface area contributed by atoms with Crippen molar-refractivity contribution in [2.75, 3.05) is 0 Å². The lowest BCUT2D eigenvalue weighted by Crippen LogP contribution is -2.25. The van der Waals surface area contributed by atoms with E-state index in [-0.39, 0.29) is 11.8 Å². The molecule has 6 heteroatoms. The Bertz CT molecular complexity index is 641. The van der Waals surface area contributed by atoms with Crippen molar-refractivity contribution in [3.8, 4) is 0 Å². The maximum absolute atomic E-state index is 11.8. The quantitative estimate of drug-likeness (QED) is 0.740. The number of amides is 2. The fourth-order valence-corrected chi connectivity index (χ4v) is 2.48. The zero-order chi connectivity index (χ0) is 16.5. The van der Waals surface area contributed by atoms with Gasteiger partial charge in [-0.3, -0.25) is 9.59 Å². The van der Waals surface area contributed by atoms with Crippen LogP contribution in [0.5, 0.6) is 0 Å². The number of carbonyl (C=O) groups excluding carboxylic acids is 2. The number of hydrogen-bond acceptors (Lipinski definition) is 3. The summed E-state index contributed by atoms with van der Waals surface area (Å²) in [4.78, 5) is 23.4. The predicted molar refractivity (Wildman–Crippen MR) is 90.4 cm³/mol. The van der Waals surface area contributed by atoms with Crippen LogP contribution < -0.4 is 10.6 Å². The standard InChI is InChI=1S/C17H19BrN2O3/c18-14-5-1-4-13(10-14)11-19-16(21)7-2-8-17(22)20-12-15-6-3-9-23-15/h1,3-6,9-10H,2,7-8,11-12H2,(H,19,21)(H,20,22). The number of furan rings is 1. The molecule has 0 fully saturated rings. The summed E-state index contributed by atoms with van der Waals surface area (Å²) in [7, 11) is 0. The minimum Gasteiger partial charge on any atom is -0.467 e. The molecule has 2 aromatic rings. The Morgan fingerprint density at radius 2 is 1.74 bits per heavy atom. The van der Waals surface area contributed by atoms with Gasteiger partial charge >= 0.3 is 0 Å². The van der Waals surface area contributed by atoms with E-state index in [1.807, 2.05) is 24.3 Å². The van der Waals surface area contributed by atoms with Crippen molar-refractivity contribution in [2.45, 2.75) is 32.4 Å². The number of carbonyl (C=O) groups is 2. The first-order valence-electron chi connectivity index (χ1n) is 7.44. The lowest BCUT2D eigenvalue weighted by Gasteiger charge is -2.06. The Kier molecular flexibility index (Phi) is 6.87. The first-order chi connectivity index (χ1) is 11.1. The third-order valence-corrected chi connectivity index (χ3v) is 3.72. The van der Waals surface area contributed by atoms with Crippen molar-refractivity contribution < 1.29 is 14.0 Å². The first kappa shape index (κ1) is 17.3. The topological polar surface area (TPSA) is 71.3 Å². The number of nitrogens with one attached hydrogen (secondary N) is 2. The van der Waals surface area contributed by atoms with Gasteiger partial charge in [0.15, 0.2) is 0 Å². The molecule has 2 amide bonds. The molecule has 23 heavy (non-hydrogen) atoms. The lowest BCUT2D eigenvalue weighted by molar-refractivity contribution is -0.122. The summed E-state index contributed by atoms with van der Waals surface area (Å²) in [6, 6.07) is 11.4. The van der Waals surface area contributed by atoms with E-state index in [2.05, 4.69) is 26.6 Å². The third-order valence-electron chi connectivity index (χ3n) is 3.23. The Hall–Kier alpha value is -2.08. The summed E-state index contributed by atoms with van der Waals surface area (Å²) >= 11 is 3.39. The van der Waals surface area contributed by atoms with E-state index in [0.717, 1.165) is 10.0 Å². The molecule has 0 aliphatic carbocycles. The van der Waals surface area contributed by atoms with E-state index in [9.17, 15) is 9.59 Å². The van der Waals surface area contributed by atoms with Gasteiger partial charge in [-0.1, -0.05) is 28.1 Å². The number of rotatable bonds is 8. The molecular formula is C17H19BrN2O3. The highest BCUT2D eigenvalue weighted by Crippen LogP contribution is 2.11. The summed E-state index contributed by atoms with van der Waals surface area (Å²) in [6.45, 7) is 0.865. The van der Waals surface area contributed by atoms with E-state index < -0.39 is 0 Å². The molecule has 2 N–H and O–H groups in total. The van der Waals surface area contributed by atoms with Gasteiger partial charge in [0.2, 0.25) is 11.8 Å². The third kappa shape index (κ3) is 6.69. The number of benzene rings is 1. The molecule has 0 spiro atoms. The molecule has 0 radical (unpaired) electrons. The highest BCUT2D eigenvalue weighted by atomic mass is 79.9. The van der Waals surface area contributed by atoms with Gasteiger partial charge in [0, 0.05) is 23.9 Å². The minimum atomic E-state index is -0.0822. The molecular weight excluding hydrogens is 360 g/mol. The van der Waals surface area contributed by atoms with E-state index in [1.165, 1.54) is 0 Å². The fraction of sp³-hybridized carbons (Fsp3) is 0.294. The Morgan fingerprint density at radius 3 is 2.39 bits per heavy atom. The van der Waals surface area contributed by atoms with Gasteiger partial charge in [-0.25, -0.2) is 0 Å². The maximum atomic E-state index is 11.8. The molecule has 0 aliphatic rings. The van der Waals surface area contributed by atoms with Crippen LogP contribution >= 0.6 is 15.9 Å². The second-order valence-electron chi connectivity index (χ2n) is 5.12. The molecule has 1 aromatic carbocycles. The second kappa shape index (κ2) is 9.15. The largest absolute Gasteiger partial charge is 0.467 e. The molecule has 122 valence electrons. The van der Waals surface area contributed by atoms with Crippen LogP contribution in [0, 0.1) is 0 Å². The molecule has 0 bridgehead atoms. The number of halogens is 1. The van der Waals surface area contributed by atoms with Gasteiger partial charge in [0.25, 0.3) is 0 Å². The van der Waals surface area contributed by atoms with E-state index in [0.29, 0.717) is 38.1 Å². The van der Waals surface area contributed by atoms with Crippen LogP contribution in [0.1, 0.15) is 30.6 Å². The van der Waals surface area contributed by atoms with Crippen molar-refractivity contribution >= 4 is 27.7 Å². The Labute approximate surface area is 143 Å². The van der Waals surface area contributed by atoms with Crippen LogP contribution in [-0.2, 0) is 22.7 Å². The van der Waals surface area contributed by atoms with E-state index in [1.54, 1.807) is 18.4 Å². The first-order valence-corrected chi connectivity index (χ1v) is 8.23. The van der Waals surface area contributed by atoms with Gasteiger partial charge in [-0.15, -0.1) is 0 Å². The molecule has 5 nitrogen and oxygen atoms in total. The highest BCUT2D eigenvalue weighted by Gasteiger charge is 2.06. The summed E-state index contributed by atoms with van der Waals surface area (Å²) in [5, 5.41) is 5.60. The molecule has 1 aromatic heterocycles. The average Bonchev–Trinajstić information content (AvgIpc) is 3.04. The minimum absolute atomic E-state index is 0.0520. The maximum Gasteiger partial charge on any atom is 0.220 e. The van der Waals surface area contributed by atoms with Gasteiger partial charge in [0.1, 0.15) is 5.76 Å². The SMILES string of the molecule is O=C(CCCC(=O)NCc1ccco1)NCc1cccc(Br)c1. The smallest absolute Gasteiger partial charge is 0.220 e. The summed E-state index contributed by atoms with van der Waals surface area (Å²) < 4.78 is 6.11. The van der Waals surface area contributed by atoms with Gasteiger partial charge in [-0.05, 0) is 36.2 Å². The Morgan fingerprint density at radius 1 is 1.00 bits per heavy atom. The van der Waals surface area contributed by atoms with Crippen molar-refractivity contribution in [1.29, 1.82) is 0 Å². The number of hydrogen-bond donors (Lipinski definition) is 2. The summed E-state index contributed by atoms with van der Waals surface area (Å²) in [5.41, 5.74) is 1.03. The molecule has 0 saturated carbocycles. The van der Waals surface area contributed by atoms with Crippen LogP contribution in [0.4, 0.5) is 0 Å². The molecule has 0 atom stereocenters. The molecule has 0 unspecified atom stereocenters. The van der Waals surface area contributed by atoms with Crippen molar-refractivity contribution in [2.24, 2.45) is 0 Å². The zero-order valence-corrected chi connectivity index (χ0v) is 14.3. The molecule has 2 rings (SSSR count). The molecule has 0 aliphatic heterocycles. The summed E-state index contributed by atoms with van der Waals surface area (Å²) in [5.74, 6) is 0.579. The second-order valence-corrected chi connectivity index (χ2v) is 6.03. The van der Waals surface area contributed by atoms with E-state index >= 15 is 0 Å². The van der Waals surface area contributed by atoms with Crippen LogP contribution in [0.25, 0.3) is 0 Å². The highest BCUT2D eigenvalue weighted by molar-refractivity contribution is 9.10. The van der Waals surface area contributed by atoms with Crippen molar-refractivity contribution in [3.05, 3.63) is 58.5 Å². The lowest BCUT2D eigenvalue weighted by atomic mass is 10.2. The molecule has 0 saturated heterocycles.